The summed E-state index contributed by atoms with van der Waals surface area (Å²) in [5.41, 5.74) is -1.60. The Kier molecular flexibility index (Phi) is 8.27. The lowest BCUT2D eigenvalue weighted by Crippen LogP contribution is -2.58. The quantitative estimate of drug-likeness (QED) is 0.127. The molecular weight excluding hydrogens is 568 g/mol. The molecule has 20 nitrogen and oxygen atoms in total. The summed E-state index contributed by atoms with van der Waals surface area (Å²) in [7, 11) is -11.0. The number of aliphatic hydroxyl groups is 4. The minimum Gasteiger partial charge on any atom is -0.441 e. The smallest absolute Gasteiger partial charge is 0.441 e. The topological polar surface area (TPSA) is 295 Å². The van der Waals surface area contributed by atoms with Gasteiger partial charge in [-0.2, -0.15) is 4.31 Å². The number of hydrogen-bond acceptors (Lipinski definition) is 15. The Morgan fingerprint density at radius 3 is 2.37 bits per heavy atom. The number of fused-ring (bicyclic) bond motifs is 1. The highest BCUT2D eigenvalue weighted by Gasteiger charge is 2.54. The Morgan fingerprint density at radius 2 is 1.71 bits per heavy atom. The number of carbonyl (C=O) groups is 1. The number of phosphoric acid groups is 2. The van der Waals surface area contributed by atoms with Crippen LogP contribution in [0.25, 0.3) is 0 Å². The van der Waals surface area contributed by atoms with Gasteiger partial charge in [0.1, 0.15) is 36.6 Å². The molecule has 38 heavy (non-hydrogen) atoms. The third kappa shape index (κ3) is 6.07. The van der Waals surface area contributed by atoms with E-state index in [4.69, 9.17) is 19.3 Å². The van der Waals surface area contributed by atoms with Crippen molar-refractivity contribution >= 4 is 21.7 Å². The molecule has 214 valence electrons. The number of aliphatic hydroxyl groups excluding tert-OH is 4. The number of nitrogens with zero attached hydrogens (tertiary/aromatic N) is 1. The normalized spacial score (nSPS) is 38.1. The maximum Gasteiger partial charge on any atom is 0.483 e. The lowest BCUT2D eigenvalue weighted by atomic mass is 10.00. The summed E-state index contributed by atoms with van der Waals surface area (Å²) in [6.07, 6.45) is -13.2. The van der Waals surface area contributed by atoms with Crippen LogP contribution in [0.2, 0.25) is 0 Å². The monoisotopic (exact) mass is 591 g/mol. The summed E-state index contributed by atoms with van der Waals surface area (Å²) >= 11 is 0. The zero-order valence-corrected chi connectivity index (χ0v) is 20.6. The number of rotatable bonds is 9. The van der Waals surface area contributed by atoms with Gasteiger partial charge in [0.15, 0.2) is 18.6 Å². The molecule has 0 aliphatic carbocycles. The minimum atomic E-state index is -5.58. The number of ether oxygens (including phenoxy) is 3. The van der Waals surface area contributed by atoms with Crippen LogP contribution < -0.4 is 16.6 Å². The number of aromatic nitrogens is 2. The molecule has 0 aromatic carbocycles. The Morgan fingerprint density at radius 1 is 1.00 bits per heavy atom. The second-order valence-corrected chi connectivity index (χ2v) is 11.2. The fourth-order valence-corrected chi connectivity index (χ4v) is 6.12. The summed E-state index contributed by atoms with van der Waals surface area (Å²) in [5.74, 6) is 0. The molecule has 3 aliphatic rings. The van der Waals surface area contributed by atoms with Crippen molar-refractivity contribution in [2.75, 3.05) is 13.2 Å². The molecule has 0 spiro atoms. The maximum atomic E-state index is 12.3. The molecule has 22 heteroatoms. The summed E-state index contributed by atoms with van der Waals surface area (Å²) < 4.78 is 54.3. The summed E-state index contributed by atoms with van der Waals surface area (Å²) in [4.78, 5) is 57.0. The fraction of sp³-hybridized carbons (Fsp3) is 0.688. The molecule has 0 radical (unpaired) electrons. The molecule has 0 saturated carbocycles. The van der Waals surface area contributed by atoms with Crippen molar-refractivity contribution in [3.8, 4) is 0 Å². The van der Waals surface area contributed by atoms with Gasteiger partial charge < -0.3 is 49.7 Å². The molecular formula is C16H23N3O17P2. The third-order valence-electron chi connectivity index (χ3n) is 5.69. The van der Waals surface area contributed by atoms with Crippen LogP contribution in [-0.4, -0.2) is 108 Å². The second kappa shape index (κ2) is 10.9. The van der Waals surface area contributed by atoms with E-state index in [2.05, 4.69) is 18.7 Å². The highest BCUT2D eigenvalue weighted by atomic mass is 31.3. The molecule has 3 aliphatic heterocycles. The number of amides is 1. The van der Waals surface area contributed by atoms with Crippen molar-refractivity contribution in [1.82, 2.24) is 14.9 Å². The fourth-order valence-electron chi connectivity index (χ4n) is 3.96. The first-order chi connectivity index (χ1) is 17.7. The number of phosphoric ester groups is 2. The van der Waals surface area contributed by atoms with Crippen LogP contribution in [0.4, 0.5) is 4.79 Å². The van der Waals surface area contributed by atoms with Crippen LogP contribution in [0.5, 0.6) is 0 Å². The largest absolute Gasteiger partial charge is 0.483 e. The van der Waals surface area contributed by atoms with Gasteiger partial charge in [0.25, 0.3) is 5.56 Å². The first-order valence-corrected chi connectivity index (χ1v) is 13.6. The SMILES string of the molecule is O=C1N[C@@H]2[C@H](O1)[C@@H](COP(=O)(O)OP(=O)(O)O[C@H]1O[C@H](CO)[C@@H](O)[C@H](O)[C@H]1O)O[C@H]2n1ccc(=O)[nH]c1=O. The van der Waals surface area contributed by atoms with E-state index in [1.54, 1.807) is 0 Å². The van der Waals surface area contributed by atoms with E-state index in [9.17, 15) is 48.6 Å². The average molecular weight is 591 g/mol. The van der Waals surface area contributed by atoms with Crippen LogP contribution in [0, 0.1) is 0 Å². The minimum absolute atomic E-state index is 0.704. The highest BCUT2D eigenvalue weighted by molar-refractivity contribution is 7.61. The van der Waals surface area contributed by atoms with Crippen LogP contribution in [-0.2, 0) is 36.7 Å². The molecule has 0 bridgehead atoms. The summed E-state index contributed by atoms with van der Waals surface area (Å²) in [6, 6.07) is 0.00253. The zero-order valence-electron chi connectivity index (χ0n) is 18.8. The van der Waals surface area contributed by atoms with Gasteiger partial charge in [-0.05, 0) is 0 Å². The van der Waals surface area contributed by atoms with Crippen molar-refractivity contribution in [1.29, 1.82) is 0 Å². The molecule has 3 fully saturated rings. The first kappa shape index (κ1) is 29.0. The lowest BCUT2D eigenvalue weighted by Gasteiger charge is -2.39. The van der Waals surface area contributed by atoms with Crippen LogP contribution >= 0.6 is 15.6 Å². The van der Waals surface area contributed by atoms with E-state index >= 15 is 0 Å². The Bertz CT molecular complexity index is 1250. The van der Waals surface area contributed by atoms with Crippen LogP contribution in [0.3, 0.4) is 0 Å². The van der Waals surface area contributed by atoms with Crippen LogP contribution in [0.1, 0.15) is 6.23 Å². The Labute approximate surface area is 210 Å². The summed E-state index contributed by atoms with van der Waals surface area (Å²) in [5, 5.41) is 40.9. The van der Waals surface area contributed by atoms with Gasteiger partial charge in [0, 0.05) is 12.3 Å². The van der Waals surface area contributed by atoms with Crippen molar-refractivity contribution in [3.63, 3.8) is 0 Å². The maximum absolute atomic E-state index is 12.3. The molecule has 2 unspecified atom stereocenters. The van der Waals surface area contributed by atoms with E-state index in [1.165, 1.54) is 0 Å². The first-order valence-electron chi connectivity index (χ1n) is 10.7. The van der Waals surface area contributed by atoms with E-state index in [0.717, 1.165) is 16.8 Å². The predicted molar refractivity (Wildman–Crippen MR) is 114 cm³/mol. The molecule has 8 N–H and O–H groups in total. The van der Waals surface area contributed by atoms with E-state index in [0.29, 0.717) is 0 Å². The molecule has 1 amide bonds. The third-order valence-corrected chi connectivity index (χ3v) is 8.29. The van der Waals surface area contributed by atoms with Crippen molar-refractivity contribution < 1.29 is 71.7 Å². The van der Waals surface area contributed by atoms with Crippen molar-refractivity contribution in [2.24, 2.45) is 0 Å². The number of aromatic amines is 1. The predicted octanol–water partition coefficient (Wildman–Crippen LogP) is -4.04. The number of alkyl carbamates (subject to hydrolysis) is 1. The zero-order chi connectivity index (χ0) is 28.0. The number of H-pyrrole nitrogens is 1. The van der Waals surface area contributed by atoms with Gasteiger partial charge in [-0.15, -0.1) is 0 Å². The lowest BCUT2D eigenvalue weighted by molar-refractivity contribution is -0.280. The number of carbonyl (C=O) groups excluding carboxylic acids is 1. The van der Waals surface area contributed by atoms with Gasteiger partial charge in [-0.1, -0.05) is 0 Å². The van der Waals surface area contributed by atoms with Gasteiger partial charge in [0.2, 0.25) is 0 Å². The van der Waals surface area contributed by atoms with E-state index in [-0.39, 0.29) is 0 Å². The van der Waals surface area contributed by atoms with Gasteiger partial charge in [-0.25, -0.2) is 18.7 Å². The van der Waals surface area contributed by atoms with Crippen molar-refractivity contribution in [3.05, 3.63) is 33.1 Å². The molecule has 4 heterocycles. The second-order valence-electron chi connectivity index (χ2n) is 8.24. The average Bonchev–Trinajstić information content (AvgIpc) is 3.35. The standard InChI is InChI=1S/C16H23N3O17P2/c20-3-5-9(22)10(23)11(24)14(33-5)35-38(29,30)36-37(27,28)31-4-6-12-8(18-16(26)34-12)13(32-6)19-2-1-7(21)17-15(19)25/h1-2,5-6,8-14,20,22-24H,3-4H2,(H,18,26)(H,27,28)(H,29,30)(H,17,21,25)/t5-,6-,8-,9-,10+,11-,12-,13-,14-/m1/s1. The Hall–Kier alpha value is -2.03. The summed E-state index contributed by atoms with van der Waals surface area (Å²) in [6.45, 7) is -1.78. The highest BCUT2D eigenvalue weighted by Crippen LogP contribution is 2.61. The van der Waals surface area contributed by atoms with Crippen molar-refractivity contribution in [2.45, 2.75) is 55.2 Å². The molecule has 3 saturated heterocycles. The molecule has 4 rings (SSSR count). The van der Waals surface area contributed by atoms with Crippen LogP contribution in [0.15, 0.2) is 21.9 Å². The molecule has 1 aromatic rings. The van der Waals surface area contributed by atoms with Gasteiger partial charge >= 0.3 is 27.4 Å². The molecule has 11 atom stereocenters. The van der Waals surface area contributed by atoms with E-state index < -0.39 is 101 Å². The Balaban J connectivity index is 1.40. The molecule has 1 aromatic heterocycles. The number of nitrogens with one attached hydrogen (secondary N) is 2. The number of hydrogen-bond donors (Lipinski definition) is 8. The van der Waals surface area contributed by atoms with E-state index in [1.807, 2.05) is 4.98 Å². The van der Waals surface area contributed by atoms with Gasteiger partial charge in [-0.3, -0.25) is 23.4 Å². The van der Waals surface area contributed by atoms with Gasteiger partial charge in [0.05, 0.1) is 13.2 Å².